The van der Waals surface area contributed by atoms with Gasteiger partial charge in [0.05, 0.1) is 17.7 Å². The predicted molar refractivity (Wildman–Crippen MR) is 109 cm³/mol. The second kappa shape index (κ2) is 8.77. The number of anilines is 1. The fraction of sp³-hybridized carbons (Fsp3) is 0.0500. The molecule has 0 saturated heterocycles. The molecule has 0 saturated carbocycles. The van der Waals surface area contributed by atoms with Crippen molar-refractivity contribution in [1.29, 1.82) is 5.26 Å². The first-order chi connectivity index (χ1) is 14.0. The number of nitro groups is 1. The molecule has 0 unspecified atom stereocenters. The van der Waals surface area contributed by atoms with Gasteiger partial charge in [0.2, 0.25) is 0 Å². The number of benzene rings is 2. The Morgan fingerprint density at radius 2 is 1.93 bits per heavy atom. The molecule has 0 spiro atoms. The van der Waals surface area contributed by atoms with Crippen LogP contribution >= 0.6 is 11.3 Å². The SMILES string of the molecule is COc1ccc(/C=C(\C#N)C(=O)Nc2nc(-c3ccc([N+](=O)[O-])cc3)cs2)cc1. The van der Waals surface area contributed by atoms with Crippen LogP contribution in [-0.4, -0.2) is 22.9 Å². The van der Waals surface area contributed by atoms with E-state index in [9.17, 15) is 20.2 Å². The first kappa shape index (κ1) is 19.7. The lowest BCUT2D eigenvalue weighted by Gasteiger charge is -2.02. The molecule has 1 N–H and O–H groups in total. The maximum Gasteiger partial charge on any atom is 0.269 e. The summed E-state index contributed by atoms with van der Waals surface area (Å²) in [4.78, 5) is 27.0. The average molecular weight is 406 g/mol. The molecular formula is C20H14N4O4S. The Labute approximate surface area is 169 Å². The van der Waals surface area contributed by atoms with Crippen LogP contribution in [0, 0.1) is 21.4 Å². The number of carbonyl (C=O) groups excluding carboxylic acids is 1. The summed E-state index contributed by atoms with van der Waals surface area (Å²) in [5.41, 5.74) is 1.85. The molecule has 2 aromatic carbocycles. The van der Waals surface area contributed by atoms with Gasteiger partial charge in [0.25, 0.3) is 11.6 Å². The number of nitro benzene ring substituents is 1. The highest BCUT2D eigenvalue weighted by Gasteiger charge is 2.13. The smallest absolute Gasteiger partial charge is 0.269 e. The Morgan fingerprint density at radius 3 is 2.52 bits per heavy atom. The van der Waals surface area contributed by atoms with Gasteiger partial charge in [0, 0.05) is 23.1 Å². The van der Waals surface area contributed by atoms with Gasteiger partial charge < -0.3 is 4.74 Å². The van der Waals surface area contributed by atoms with Crippen molar-refractivity contribution in [2.45, 2.75) is 0 Å². The highest BCUT2D eigenvalue weighted by molar-refractivity contribution is 7.14. The van der Waals surface area contributed by atoms with Crippen molar-refractivity contribution in [3.05, 3.63) is 75.2 Å². The van der Waals surface area contributed by atoms with Crippen molar-refractivity contribution in [3.63, 3.8) is 0 Å². The van der Waals surface area contributed by atoms with Crippen LogP contribution in [0.1, 0.15) is 5.56 Å². The molecule has 0 atom stereocenters. The van der Waals surface area contributed by atoms with Gasteiger partial charge in [-0.15, -0.1) is 11.3 Å². The topological polar surface area (TPSA) is 118 Å². The van der Waals surface area contributed by atoms with Crippen molar-refractivity contribution in [3.8, 4) is 23.1 Å². The highest BCUT2D eigenvalue weighted by Crippen LogP contribution is 2.27. The molecule has 1 aromatic heterocycles. The molecule has 3 rings (SSSR count). The third-order valence-electron chi connectivity index (χ3n) is 3.89. The van der Waals surface area contributed by atoms with E-state index in [1.807, 2.05) is 6.07 Å². The second-order valence-corrected chi connectivity index (χ2v) is 6.60. The number of carbonyl (C=O) groups is 1. The molecule has 0 aliphatic carbocycles. The number of nitrogens with one attached hydrogen (secondary N) is 1. The van der Waals surface area contributed by atoms with E-state index in [0.29, 0.717) is 27.7 Å². The van der Waals surface area contributed by atoms with Crippen molar-refractivity contribution >= 4 is 34.1 Å². The third kappa shape index (κ3) is 4.82. The highest BCUT2D eigenvalue weighted by atomic mass is 32.1. The number of non-ortho nitro benzene ring substituents is 1. The number of methoxy groups -OCH3 is 1. The minimum Gasteiger partial charge on any atom is -0.497 e. The van der Waals surface area contributed by atoms with E-state index in [1.165, 1.54) is 29.5 Å². The van der Waals surface area contributed by atoms with Crippen molar-refractivity contribution < 1.29 is 14.5 Å². The van der Waals surface area contributed by atoms with Gasteiger partial charge in [-0.2, -0.15) is 5.26 Å². The molecule has 9 heteroatoms. The Balaban J connectivity index is 1.73. The van der Waals surface area contributed by atoms with Crippen LogP contribution in [0.3, 0.4) is 0 Å². The van der Waals surface area contributed by atoms with Gasteiger partial charge in [-0.05, 0) is 35.9 Å². The molecular weight excluding hydrogens is 392 g/mol. The number of nitrogens with zero attached hydrogens (tertiary/aromatic N) is 3. The molecule has 8 nitrogen and oxygen atoms in total. The van der Waals surface area contributed by atoms with Gasteiger partial charge in [-0.25, -0.2) is 4.98 Å². The normalized spacial score (nSPS) is 10.8. The largest absolute Gasteiger partial charge is 0.497 e. The summed E-state index contributed by atoms with van der Waals surface area (Å²) in [5, 5.41) is 24.7. The number of amides is 1. The van der Waals surface area contributed by atoms with Crippen LogP contribution in [0.25, 0.3) is 17.3 Å². The number of hydrogen-bond acceptors (Lipinski definition) is 7. The molecule has 29 heavy (non-hydrogen) atoms. The number of hydrogen-bond donors (Lipinski definition) is 1. The second-order valence-electron chi connectivity index (χ2n) is 5.74. The molecule has 1 amide bonds. The summed E-state index contributed by atoms with van der Waals surface area (Å²) in [5.74, 6) is 0.0968. The van der Waals surface area contributed by atoms with Gasteiger partial charge in [-0.1, -0.05) is 12.1 Å². The third-order valence-corrected chi connectivity index (χ3v) is 4.65. The molecule has 144 valence electrons. The van der Waals surface area contributed by atoms with Crippen LogP contribution in [0.2, 0.25) is 0 Å². The minimum absolute atomic E-state index is 0.0140. The lowest BCUT2D eigenvalue weighted by Crippen LogP contribution is -2.13. The van der Waals surface area contributed by atoms with Gasteiger partial charge in [0.1, 0.15) is 17.4 Å². The average Bonchev–Trinajstić information content (AvgIpc) is 3.20. The Morgan fingerprint density at radius 1 is 1.24 bits per heavy atom. The number of thiazole rings is 1. The van der Waals surface area contributed by atoms with Crippen molar-refractivity contribution in [1.82, 2.24) is 4.98 Å². The maximum atomic E-state index is 12.4. The molecule has 0 bridgehead atoms. The fourth-order valence-corrected chi connectivity index (χ4v) is 3.11. The van der Waals surface area contributed by atoms with Crippen LogP contribution in [0.15, 0.2) is 59.5 Å². The van der Waals surface area contributed by atoms with Crippen LogP contribution in [0.4, 0.5) is 10.8 Å². The van der Waals surface area contributed by atoms with Crippen LogP contribution in [0.5, 0.6) is 5.75 Å². The zero-order chi connectivity index (χ0) is 20.8. The first-order valence-corrected chi connectivity index (χ1v) is 9.15. The van der Waals surface area contributed by atoms with E-state index < -0.39 is 10.8 Å². The lowest BCUT2D eigenvalue weighted by molar-refractivity contribution is -0.384. The molecule has 0 radical (unpaired) electrons. The molecule has 0 fully saturated rings. The number of nitriles is 1. The van der Waals surface area contributed by atoms with E-state index in [4.69, 9.17) is 4.74 Å². The lowest BCUT2D eigenvalue weighted by atomic mass is 10.1. The van der Waals surface area contributed by atoms with E-state index in [0.717, 1.165) is 0 Å². The summed E-state index contributed by atoms with van der Waals surface area (Å²) in [7, 11) is 1.55. The van der Waals surface area contributed by atoms with E-state index in [1.54, 1.807) is 48.9 Å². The van der Waals surface area contributed by atoms with Crippen molar-refractivity contribution in [2.24, 2.45) is 0 Å². The maximum absolute atomic E-state index is 12.4. The van der Waals surface area contributed by atoms with E-state index in [-0.39, 0.29) is 11.3 Å². The summed E-state index contributed by atoms with van der Waals surface area (Å²) in [6, 6.07) is 14.8. The summed E-state index contributed by atoms with van der Waals surface area (Å²) in [6.07, 6.45) is 1.47. The van der Waals surface area contributed by atoms with Gasteiger partial charge in [-0.3, -0.25) is 20.2 Å². The minimum atomic E-state index is -0.576. The molecule has 1 heterocycles. The Kier molecular flexibility index (Phi) is 5.97. The molecule has 0 aliphatic heterocycles. The predicted octanol–water partition coefficient (Wildman–Crippen LogP) is 4.27. The van der Waals surface area contributed by atoms with E-state index >= 15 is 0 Å². The molecule has 0 aliphatic rings. The van der Waals surface area contributed by atoms with Crippen LogP contribution in [-0.2, 0) is 4.79 Å². The number of rotatable bonds is 6. The van der Waals surface area contributed by atoms with Crippen LogP contribution < -0.4 is 10.1 Å². The Hall–Kier alpha value is -4.03. The monoisotopic (exact) mass is 406 g/mol. The zero-order valence-corrected chi connectivity index (χ0v) is 16.0. The summed E-state index contributed by atoms with van der Waals surface area (Å²) in [6.45, 7) is 0. The standard InChI is InChI=1S/C20H14N4O4S/c1-28-17-8-2-13(3-9-17)10-15(11-21)19(25)23-20-22-18(12-29-20)14-4-6-16(7-5-14)24(26)27/h2-10,12H,1H3,(H,22,23,25)/b15-10+. The fourth-order valence-electron chi connectivity index (χ4n) is 2.40. The first-order valence-electron chi connectivity index (χ1n) is 8.27. The molecule has 3 aromatic rings. The van der Waals surface area contributed by atoms with Gasteiger partial charge >= 0.3 is 0 Å². The van der Waals surface area contributed by atoms with Gasteiger partial charge in [0.15, 0.2) is 5.13 Å². The zero-order valence-electron chi connectivity index (χ0n) is 15.2. The van der Waals surface area contributed by atoms with Crippen molar-refractivity contribution in [2.75, 3.05) is 12.4 Å². The Bertz CT molecular complexity index is 1110. The number of aromatic nitrogens is 1. The number of ether oxygens (including phenoxy) is 1. The summed E-state index contributed by atoms with van der Waals surface area (Å²) >= 11 is 1.19. The summed E-state index contributed by atoms with van der Waals surface area (Å²) < 4.78 is 5.08. The van der Waals surface area contributed by atoms with E-state index in [2.05, 4.69) is 10.3 Å². The quantitative estimate of drug-likeness (QED) is 0.283.